The molecule has 60 valence electrons. The summed E-state index contributed by atoms with van der Waals surface area (Å²) in [5.41, 5.74) is 0.739. The van der Waals surface area contributed by atoms with E-state index in [1.165, 1.54) is 12.1 Å². The van der Waals surface area contributed by atoms with Crippen LogP contribution in [0.2, 0.25) is 0 Å². The van der Waals surface area contributed by atoms with E-state index in [2.05, 4.69) is 31.9 Å². The second-order valence-corrected chi connectivity index (χ2v) is 3.75. The lowest BCUT2D eigenvalue weighted by Gasteiger charge is -2.03. The topological polar surface area (TPSA) is 40.5 Å². The van der Waals surface area contributed by atoms with Crippen LogP contribution < -0.4 is 0 Å². The maximum atomic E-state index is 9.07. The van der Waals surface area contributed by atoms with Gasteiger partial charge in [-0.3, -0.25) is 0 Å². The molecule has 0 fully saturated rings. The Balaban J connectivity index is 3.25. The molecule has 0 saturated heterocycles. The Labute approximate surface area is 81.1 Å². The van der Waals surface area contributed by atoms with E-state index in [0.717, 1.165) is 5.56 Å². The van der Waals surface area contributed by atoms with Crippen LogP contribution in [0.1, 0.15) is 5.56 Å². The van der Waals surface area contributed by atoms with E-state index < -0.39 is 0 Å². The fraction of sp³-hybridized carbons (Fsp3) is 0.143. The van der Waals surface area contributed by atoms with E-state index >= 15 is 0 Å². The number of hydrogen-bond acceptors (Lipinski definition) is 2. The maximum absolute atomic E-state index is 9.07. The number of halogens is 2. The molecule has 0 unspecified atom stereocenters. The molecule has 1 rings (SSSR count). The quantitative estimate of drug-likeness (QED) is 0.830. The third kappa shape index (κ3) is 1.95. The molecule has 4 heteroatoms. The molecule has 0 aliphatic rings. The first-order valence-corrected chi connectivity index (χ1v) is 4.51. The second-order valence-electron chi connectivity index (χ2n) is 2.05. The first kappa shape index (κ1) is 9.03. The van der Waals surface area contributed by atoms with Gasteiger partial charge in [0.05, 0.1) is 6.61 Å². The fourth-order valence-corrected chi connectivity index (χ4v) is 2.15. The molecule has 0 heterocycles. The van der Waals surface area contributed by atoms with Gasteiger partial charge in [0.1, 0.15) is 5.75 Å². The van der Waals surface area contributed by atoms with Crippen molar-refractivity contribution in [1.82, 2.24) is 0 Å². The number of aliphatic hydroxyl groups excluding tert-OH is 1. The zero-order chi connectivity index (χ0) is 8.43. The molecule has 2 N–H and O–H groups in total. The molecular formula is C7H6Br2O2. The SMILES string of the molecule is OCc1c(Br)cc(O)cc1Br. The Hall–Kier alpha value is -0.0600. The summed E-state index contributed by atoms with van der Waals surface area (Å²) in [6.07, 6.45) is 0. The first-order valence-electron chi connectivity index (χ1n) is 2.93. The standard InChI is InChI=1S/C7H6Br2O2/c8-6-1-4(11)2-7(9)5(6)3-10/h1-2,10-11H,3H2. The lowest BCUT2D eigenvalue weighted by atomic mass is 10.2. The lowest BCUT2D eigenvalue weighted by Crippen LogP contribution is -1.86. The van der Waals surface area contributed by atoms with Crippen molar-refractivity contribution in [2.75, 3.05) is 0 Å². The smallest absolute Gasteiger partial charge is 0.117 e. The summed E-state index contributed by atoms with van der Waals surface area (Å²) in [6, 6.07) is 3.08. The van der Waals surface area contributed by atoms with Crippen LogP contribution in [0.15, 0.2) is 21.1 Å². The summed E-state index contributed by atoms with van der Waals surface area (Å²) in [7, 11) is 0. The van der Waals surface area contributed by atoms with Crippen LogP contribution in [0.3, 0.4) is 0 Å². The van der Waals surface area contributed by atoms with E-state index in [1.807, 2.05) is 0 Å². The minimum absolute atomic E-state index is 0.0541. The van der Waals surface area contributed by atoms with Crippen molar-refractivity contribution < 1.29 is 10.2 Å². The molecule has 0 radical (unpaired) electrons. The molecule has 0 aromatic heterocycles. The van der Waals surface area contributed by atoms with Crippen molar-refractivity contribution in [3.8, 4) is 5.75 Å². The van der Waals surface area contributed by atoms with Crippen molar-refractivity contribution in [3.05, 3.63) is 26.6 Å². The number of aliphatic hydroxyl groups is 1. The van der Waals surface area contributed by atoms with Gasteiger partial charge in [0, 0.05) is 14.5 Å². The molecule has 0 bridgehead atoms. The number of benzene rings is 1. The van der Waals surface area contributed by atoms with Crippen LogP contribution in [0.4, 0.5) is 0 Å². The van der Waals surface area contributed by atoms with Crippen LogP contribution in [0.5, 0.6) is 5.75 Å². The molecule has 0 aliphatic heterocycles. The predicted octanol–water partition coefficient (Wildman–Crippen LogP) is 2.41. The van der Waals surface area contributed by atoms with Crippen LogP contribution in [-0.2, 0) is 6.61 Å². The van der Waals surface area contributed by atoms with E-state index in [9.17, 15) is 0 Å². The molecule has 2 nitrogen and oxygen atoms in total. The lowest BCUT2D eigenvalue weighted by molar-refractivity contribution is 0.280. The zero-order valence-electron chi connectivity index (χ0n) is 5.51. The van der Waals surface area contributed by atoms with Gasteiger partial charge >= 0.3 is 0 Å². The van der Waals surface area contributed by atoms with E-state index in [4.69, 9.17) is 10.2 Å². The monoisotopic (exact) mass is 280 g/mol. The molecule has 1 aromatic rings. The normalized spacial score (nSPS) is 10.1. The summed E-state index contributed by atoms with van der Waals surface area (Å²) in [5, 5.41) is 17.9. The molecule has 0 aliphatic carbocycles. The number of rotatable bonds is 1. The van der Waals surface area contributed by atoms with Crippen molar-refractivity contribution in [2.45, 2.75) is 6.61 Å². The van der Waals surface area contributed by atoms with Crippen LogP contribution >= 0.6 is 31.9 Å². The molecule has 0 saturated carbocycles. The highest BCUT2D eigenvalue weighted by molar-refractivity contribution is 9.11. The van der Waals surface area contributed by atoms with Crippen molar-refractivity contribution in [3.63, 3.8) is 0 Å². The minimum Gasteiger partial charge on any atom is -0.508 e. The average Bonchev–Trinajstić information content (AvgIpc) is 1.85. The summed E-state index contributed by atoms with van der Waals surface area (Å²) >= 11 is 6.42. The first-order chi connectivity index (χ1) is 5.15. The Morgan fingerprint density at radius 1 is 1.18 bits per heavy atom. The van der Waals surface area contributed by atoms with Gasteiger partial charge in [0.2, 0.25) is 0 Å². The number of phenols is 1. The van der Waals surface area contributed by atoms with Gasteiger partial charge in [-0.25, -0.2) is 0 Å². The van der Waals surface area contributed by atoms with Crippen molar-refractivity contribution in [2.24, 2.45) is 0 Å². The molecule has 0 atom stereocenters. The predicted molar refractivity (Wildman–Crippen MR) is 49.4 cm³/mol. The highest BCUT2D eigenvalue weighted by atomic mass is 79.9. The summed E-state index contributed by atoms with van der Waals surface area (Å²) in [6.45, 7) is -0.0541. The minimum atomic E-state index is -0.0541. The van der Waals surface area contributed by atoms with Crippen molar-refractivity contribution >= 4 is 31.9 Å². The zero-order valence-corrected chi connectivity index (χ0v) is 8.68. The number of hydrogen-bond donors (Lipinski definition) is 2. The third-order valence-corrected chi connectivity index (χ3v) is 2.70. The number of aromatic hydroxyl groups is 1. The Morgan fingerprint density at radius 2 is 1.64 bits per heavy atom. The van der Waals surface area contributed by atoms with E-state index in [-0.39, 0.29) is 12.4 Å². The Bertz CT molecular complexity index is 250. The van der Waals surface area contributed by atoms with Gasteiger partial charge in [-0.1, -0.05) is 31.9 Å². The van der Waals surface area contributed by atoms with Gasteiger partial charge in [-0.2, -0.15) is 0 Å². The molecule has 0 amide bonds. The third-order valence-electron chi connectivity index (χ3n) is 1.28. The number of phenolic OH excluding ortho intramolecular Hbond substituents is 1. The molecule has 11 heavy (non-hydrogen) atoms. The Kier molecular flexibility index (Phi) is 2.92. The highest BCUT2D eigenvalue weighted by Crippen LogP contribution is 2.29. The highest BCUT2D eigenvalue weighted by Gasteiger charge is 2.04. The van der Waals surface area contributed by atoms with Crippen LogP contribution in [0.25, 0.3) is 0 Å². The van der Waals surface area contributed by atoms with Crippen LogP contribution in [-0.4, -0.2) is 10.2 Å². The van der Waals surface area contributed by atoms with E-state index in [0.29, 0.717) is 8.95 Å². The Morgan fingerprint density at radius 3 is 2.00 bits per heavy atom. The van der Waals surface area contributed by atoms with E-state index in [1.54, 1.807) is 0 Å². The fourth-order valence-electron chi connectivity index (χ4n) is 0.741. The van der Waals surface area contributed by atoms with Gasteiger partial charge in [0.15, 0.2) is 0 Å². The summed E-state index contributed by atoms with van der Waals surface area (Å²) in [5.74, 6) is 0.168. The second kappa shape index (κ2) is 3.56. The molecule has 1 aromatic carbocycles. The molecular weight excluding hydrogens is 276 g/mol. The van der Waals surface area contributed by atoms with Gasteiger partial charge in [-0.05, 0) is 12.1 Å². The molecule has 0 spiro atoms. The van der Waals surface area contributed by atoms with Crippen LogP contribution in [0, 0.1) is 0 Å². The largest absolute Gasteiger partial charge is 0.508 e. The van der Waals surface area contributed by atoms with Gasteiger partial charge in [-0.15, -0.1) is 0 Å². The van der Waals surface area contributed by atoms with Gasteiger partial charge in [0.25, 0.3) is 0 Å². The summed E-state index contributed by atoms with van der Waals surface area (Å²) in [4.78, 5) is 0. The average molecular weight is 282 g/mol. The summed E-state index contributed by atoms with van der Waals surface area (Å²) < 4.78 is 1.40. The van der Waals surface area contributed by atoms with Gasteiger partial charge < -0.3 is 10.2 Å². The maximum Gasteiger partial charge on any atom is 0.117 e. The van der Waals surface area contributed by atoms with Crippen molar-refractivity contribution in [1.29, 1.82) is 0 Å².